The number of para-hydroxylation sites is 1. The summed E-state index contributed by atoms with van der Waals surface area (Å²) in [5.74, 6) is -0.742. The van der Waals surface area contributed by atoms with E-state index < -0.39 is 21.6 Å². The average Bonchev–Trinajstić information content (AvgIpc) is 3.02. The maximum atomic E-state index is 13.1. The molecule has 0 spiro atoms. The average molecular weight is 417 g/mol. The summed E-state index contributed by atoms with van der Waals surface area (Å²) in [6, 6.07) is 8.24. The van der Waals surface area contributed by atoms with E-state index in [0.29, 0.717) is 24.2 Å². The first-order valence-electron chi connectivity index (χ1n) is 9.02. The summed E-state index contributed by atoms with van der Waals surface area (Å²) in [7, 11) is -3.85. The molecule has 4 rings (SSSR count). The Balaban J connectivity index is 1.79. The normalized spacial score (nSPS) is 15.7. The molecule has 1 saturated heterocycles. The Bertz CT molecular complexity index is 1270. The fourth-order valence-corrected chi connectivity index (χ4v) is 5.20. The van der Waals surface area contributed by atoms with Crippen LogP contribution in [0.25, 0.3) is 11.0 Å². The number of benzene rings is 1. The molecule has 1 aliphatic heterocycles. The third-order valence-corrected chi connectivity index (χ3v) is 7.01. The van der Waals surface area contributed by atoms with Gasteiger partial charge in [0.05, 0.1) is 24.6 Å². The summed E-state index contributed by atoms with van der Waals surface area (Å²) in [4.78, 5) is 25.3. The van der Waals surface area contributed by atoms with Crippen LogP contribution in [0.15, 0.2) is 44.4 Å². The highest BCUT2D eigenvalue weighted by Gasteiger charge is 2.33. The number of hydrogen-bond acceptors (Lipinski definition) is 7. The quantitative estimate of drug-likeness (QED) is 0.591. The molecule has 29 heavy (non-hydrogen) atoms. The Morgan fingerprint density at radius 1 is 1.14 bits per heavy atom. The molecule has 3 heterocycles. The molecular weight excluding hydrogens is 398 g/mol. The third-order valence-electron chi connectivity index (χ3n) is 4.86. The molecule has 1 aromatic carbocycles. The van der Waals surface area contributed by atoms with Gasteiger partial charge in [-0.2, -0.15) is 14.1 Å². The standard InChI is InChI=1S/C19H19N3O6S/c1-12-17(29(25,26)21-7-9-27-10-8-21)13(2)22(20-12)18(23)15-11-14-5-3-4-6-16(14)28-19(15)24/h3-6,11H,7-10H2,1-2H3. The molecule has 10 heteroatoms. The molecule has 0 atom stereocenters. The van der Waals surface area contributed by atoms with E-state index in [-0.39, 0.29) is 34.9 Å². The maximum absolute atomic E-state index is 13.1. The van der Waals surface area contributed by atoms with E-state index in [4.69, 9.17) is 9.15 Å². The number of nitrogens with zero attached hydrogens (tertiary/aromatic N) is 3. The number of ether oxygens (including phenoxy) is 1. The first-order valence-corrected chi connectivity index (χ1v) is 10.5. The van der Waals surface area contributed by atoms with Gasteiger partial charge in [0.25, 0.3) is 5.91 Å². The predicted molar refractivity (Wildman–Crippen MR) is 103 cm³/mol. The van der Waals surface area contributed by atoms with Crippen LogP contribution in [-0.4, -0.2) is 54.7 Å². The summed E-state index contributed by atoms with van der Waals surface area (Å²) < 4.78 is 38.8. The van der Waals surface area contributed by atoms with E-state index in [2.05, 4.69) is 5.10 Å². The molecule has 3 aromatic rings. The molecule has 152 valence electrons. The van der Waals surface area contributed by atoms with Crippen LogP contribution < -0.4 is 5.63 Å². The van der Waals surface area contributed by atoms with Crippen molar-refractivity contribution in [1.82, 2.24) is 14.1 Å². The van der Waals surface area contributed by atoms with Gasteiger partial charge < -0.3 is 9.15 Å². The summed E-state index contributed by atoms with van der Waals surface area (Å²) in [6.45, 7) is 4.09. The van der Waals surface area contributed by atoms with Crippen molar-refractivity contribution in [2.24, 2.45) is 0 Å². The van der Waals surface area contributed by atoms with E-state index in [9.17, 15) is 18.0 Å². The van der Waals surface area contributed by atoms with Crippen molar-refractivity contribution in [3.05, 3.63) is 57.7 Å². The highest BCUT2D eigenvalue weighted by molar-refractivity contribution is 7.89. The van der Waals surface area contributed by atoms with Gasteiger partial charge in [0.15, 0.2) is 0 Å². The largest absolute Gasteiger partial charge is 0.422 e. The van der Waals surface area contributed by atoms with Crippen molar-refractivity contribution in [1.29, 1.82) is 0 Å². The lowest BCUT2D eigenvalue weighted by molar-refractivity contribution is 0.0730. The van der Waals surface area contributed by atoms with Crippen LogP contribution in [0.4, 0.5) is 0 Å². The van der Waals surface area contributed by atoms with Crippen molar-refractivity contribution in [2.75, 3.05) is 26.3 Å². The maximum Gasteiger partial charge on any atom is 0.349 e. The van der Waals surface area contributed by atoms with E-state index in [0.717, 1.165) is 4.68 Å². The lowest BCUT2D eigenvalue weighted by Gasteiger charge is -2.26. The van der Waals surface area contributed by atoms with Gasteiger partial charge in [-0.3, -0.25) is 4.79 Å². The molecule has 0 radical (unpaired) electrons. The second-order valence-corrected chi connectivity index (χ2v) is 8.59. The molecule has 0 saturated carbocycles. The zero-order valence-corrected chi connectivity index (χ0v) is 16.7. The minimum Gasteiger partial charge on any atom is -0.422 e. The van der Waals surface area contributed by atoms with Crippen molar-refractivity contribution >= 4 is 26.9 Å². The van der Waals surface area contributed by atoms with Crippen molar-refractivity contribution in [3.8, 4) is 0 Å². The van der Waals surface area contributed by atoms with E-state index in [1.807, 2.05) is 0 Å². The van der Waals surface area contributed by atoms with Gasteiger partial charge in [-0.1, -0.05) is 18.2 Å². The minimum absolute atomic E-state index is 0.0297. The van der Waals surface area contributed by atoms with Gasteiger partial charge in [0.1, 0.15) is 16.0 Å². The Labute approximate surface area is 166 Å². The lowest BCUT2D eigenvalue weighted by atomic mass is 10.2. The smallest absolute Gasteiger partial charge is 0.349 e. The third kappa shape index (κ3) is 3.28. The van der Waals surface area contributed by atoms with Crippen molar-refractivity contribution in [3.63, 3.8) is 0 Å². The molecule has 1 fully saturated rings. The van der Waals surface area contributed by atoms with Gasteiger partial charge >= 0.3 is 5.63 Å². The van der Waals surface area contributed by atoms with Crippen LogP contribution in [0.2, 0.25) is 0 Å². The van der Waals surface area contributed by atoms with Gasteiger partial charge in [0.2, 0.25) is 10.0 Å². The number of hydrogen-bond donors (Lipinski definition) is 0. The zero-order chi connectivity index (χ0) is 20.8. The summed E-state index contributed by atoms with van der Waals surface area (Å²) >= 11 is 0. The summed E-state index contributed by atoms with van der Waals surface area (Å²) in [5, 5.41) is 4.70. The Morgan fingerprint density at radius 3 is 2.55 bits per heavy atom. The van der Waals surface area contributed by atoms with Gasteiger partial charge in [-0.15, -0.1) is 0 Å². The molecule has 0 unspecified atom stereocenters. The number of rotatable bonds is 3. The number of morpholine rings is 1. The number of fused-ring (bicyclic) bond motifs is 1. The second kappa shape index (κ2) is 7.21. The molecule has 0 amide bonds. The monoisotopic (exact) mass is 417 g/mol. The van der Waals surface area contributed by atoms with Crippen molar-refractivity contribution in [2.45, 2.75) is 18.7 Å². The van der Waals surface area contributed by atoms with Crippen LogP contribution in [0, 0.1) is 13.8 Å². The van der Waals surface area contributed by atoms with Crippen LogP contribution >= 0.6 is 0 Å². The molecular formula is C19H19N3O6S. The number of carbonyl (C=O) groups excluding carboxylic acids is 1. The highest BCUT2D eigenvalue weighted by Crippen LogP contribution is 2.25. The van der Waals surface area contributed by atoms with Gasteiger partial charge in [-0.25, -0.2) is 13.2 Å². The summed E-state index contributed by atoms with van der Waals surface area (Å²) in [6.07, 6.45) is 0. The zero-order valence-electron chi connectivity index (χ0n) is 15.9. The Kier molecular flexibility index (Phi) is 4.85. The van der Waals surface area contributed by atoms with Gasteiger partial charge in [0, 0.05) is 18.5 Å². The predicted octanol–water partition coefficient (Wildman–Crippen LogP) is 1.32. The first-order chi connectivity index (χ1) is 13.8. The fraction of sp³-hybridized carbons (Fsp3) is 0.316. The van der Waals surface area contributed by atoms with E-state index in [1.165, 1.54) is 24.2 Å². The van der Waals surface area contributed by atoms with Crippen LogP contribution in [0.3, 0.4) is 0 Å². The molecule has 2 aromatic heterocycles. The van der Waals surface area contributed by atoms with Crippen molar-refractivity contribution < 1.29 is 22.4 Å². The van der Waals surface area contributed by atoms with E-state index >= 15 is 0 Å². The fourth-order valence-electron chi connectivity index (χ4n) is 3.44. The molecule has 0 aliphatic carbocycles. The van der Waals surface area contributed by atoms with Gasteiger partial charge in [-0.05, 0) is 26.0 Å². The number of carbonyl (C=O) groups is 1. The molecule has 0 bridgehead atoms. The molecule has 1 aliphatic rings. The summed E-state index contributed by atoms with van der Waals surface area (Å²) in [5.41, 5.74) is -0.333. The topological polar surface area (TPSA) is 112 Å². The highest BCUT2D eigenvalue weighted by atomic mass is 32.2. The number of sulfonamides is 1. The van der Waals surface area contributed by atoms with Crippen LogP contribution in [0.5, 0.6) is 0 Å². The number of aromatic nitrogens is 2. The van der Waals surface area contributed by atoms with Crippen LogP contribution in [-0.2, 0) is 14.8 Å². The first kappa shape index (κ1) is 19.5. The minimum atomic E-state index is -3.85. The van der Waals surface area contributed by atoms with E-state index in [1.54, 1.807) is 24.3 Å². The SMILES string of the molecule is Cc1nn(C(=O)c2cc3ccccc3oc2=O)c(C)c1S(=O)(=O)N1CCOCC1. The number of aryl methyl sites for hydroxylation is 1. The molecule has 9 nitrogen and oxygen atoms in total. The Morgan fingerprint density at radius 2 is 1.83 bits per heavy atom. The lowest BCUT2D eigenvalue weighted by Crippen LogP contribution is -2.41. The molecule has 0 N–H and O–H groups in total. The second-order valence-electron chi connectivity index (χ2n) is 6.72. The Hall–Kier alpha value is -2.82. The van der Waals surface area contributed by atoms with Crippen LogP contribution in [0.1, 0.15) is 21.7 Å².